The van der Waals surface area contributed by atoms with Gasteiger partial charge in [0.1, 0.15) is 0 Å². The molecule has 0 N–H and O–H groups in total. The fraction of sp³-hybridized carbons (Fsp3) is 0.316. The van der Waals surface area contributed by atoms with E-state index in [0.717, 1.165) is 25.7 Å². The predicted molar refractivity (Wildman–Crippen MR) is 107 cm³/mol. The first-order chi connectivity index (χ1) is 12.5. The van der Waals surface area contributed by atoms with E-state index in [1.54, 1.807) is 46.9 Å². The molecular formula is C19H20Cl2N2O2S. The van der Waals surface area contributed by atoms with Gasteiger partial charge >= 0.3 is 0 Å². The average Bonchev–Trinajstić information content (AvgIpc) is 2.93. The Bertz CT molecular complexity index is 888. The molecule has 1 aliphatic rings. The highest BCUT2D eigenvalue weighted by Crippen LogP contribution is 2.26. The van der Waals surface area contributed by atoms with Crippen molar-refractivity contribution in [3.63, 3.8) is 0 Å². The molecule has 0 atom stereocenters. The molecule has 26 heavy (non-hydrogen) atoms. The van der Waals surface area contributed by atoms with E-state index in [0.29, 0.717) is 39.3 Å². The van der Waals surface area contributed by atoms with Gasteiger partial charge in [0.25, 0.3) is 0 Å². The van der Waals surface area contributed by atoms with Gasteiger partial charge in [-0.25, -0.2) is 8.42 Å². The number of sulfonamides is 1. The zero-order valence-corrected chi connectivity index (χ0v) is 16.6. The highest BCUT2D eigenvalue weighted by Gasteiger charge is 2.24. The Balaban J connectivity index is 1.77. The van der Waals surface area contributed by atoms with Crippen molar-refractivity contribution in [1.82, 2.24) is 4.31 Å². The van der Waals surface area contributed by atoms with Crippen LogP contribution in [0.5, 0.6) is 0 Å². The summed E-state index contributed by atoms with van der Waals surface area (Å²) >= 11 is 12.1. The number of rotatable bonds is 4. The topological polar surface area (TPSA) is 49.7 Å². The first-order valence-corrected chi connectivity index (χ1v) is 10.8. The van der Waals surface area contributed by atoms with Crippen molar-refractivity contribution in [2.24, 2.45) is 4.99 Å². The SMILES string of the molecule is O=S(=O)(c1ccc(N=Cc2cccc(Cl)c2Cl)cc1)N1CCCCCC1. The van der Waals surface area contributed by atoms with Crippen LogP contribution < -0.4 is 0 Å². The minimum atomic E-state index is -3.44. The zero-order valence-electron chi connectivity index (χ0n) is 14.2. The zero-order chi connectivity index (χ0) is 18.6. The highest BCUT2D eigenvalue weighted by molar-refractivity contribution is 7.89. The van der Waals surface area contributed by atoms with Crippen molar-refractivity contribution in [2.45, 2.75) is 30.6 Å². The molecule has 2 aromatic rings. The van der Waals surface area contributed by atoms with Crippen LogP contribution in [0.3, 0.4) is 0 Å². The lowest BCUT2D eigenvalue weighted by Gasteiger charge is -2.19. The Labute approximate surface area is 164 Å². The normalized spacial score (nSPS) is 16.7. The Kier molecular flexibility index (Phi) is 6.35. The number of hydrogen-bond donors (Lipinski definition) is 0. The summed E-state index contributed by atoms with van der Waals surface area (Å²) in [5, 5.41) is 0.910. The molecule has 0 unspecified atom stereocenters. The first kappa shape index (κ1) is 19.4. The molecule has 138 valence electrons. The quantitative estimate of drug-likeness (QED) is 0.641. The van der Waals surface area contributed by atoms with E-state index in [1.807, 2.05) is 6.07 Å². The summed E-state index contributed by atoms with van der Waals surface area (Å²) in [4.78, 5) is 4.66. The van der Waals surface area contributed by atoms with E-state index < -0.39 is 10.0 Å². The van der Waals surface area contributed by atoms with E-state index >= 15 is 0 Å². The second kappa shape index (κ2) is 8.53. The molecule has 1 fully saturated rings. The monoisotopic (exact) mass is 410 g/mol. The fourth-order valence-corrected chi connectivity index (χ4v) is 4.77. The molecule has 1 heterocycles. The maximum absolute atomic E-state index is 12.8. The highest BCUT2D eigenvalue weighted by atomic mass is 35.5. The molecule has 1 saturated heterocycles. The van der Waals surface area contributed by atoms with Crippen molar-refractivity contribution in [2.75, 3.05) is 13.1 Å². The maximum Gasteiger partial charge on any atom is 0.243 e. The second-order valence-corrected chi connectivity index (χ2v) is 8.94. The van der Waals surface area contributed by atoms with Crippen LogP contribution in [-0.2, 0) is 10.0 Å². The molecule has 3 rings (SSSR count). The summed E-state index contributed by atoms with van der Waals surface area (Å²) in [5.41, 5.74) is 1.36. The van der Waals surface area contributed by atoms with Crippen LogP contribution in [0.15, 0.2) is 52.4 Å². The van der Waals surface area contributed by atoms with Crippen LogP contribution in [0.4, 0.5) is 5.69 Å². The maximum atomic E-state index is 12.8. The molecule has 4 nitrogen and oxygen atoms in total. The van der Waals surface area contributed by atoms with Crippen molar-refractivity contribution in [1.29, 1.82) is 0 Å². The van der Waals surface area contributed by atoms with Gasteiger partial charge in [-0.1, -0.05) is 48.2 Å². The molecular weight excluding hydrogens is 391 g/mol. The van der Waals surface area contributed by atoms with Gasteiger partial charge in [0.2, 0.25) is 10.0 Å². The van der Waals surface area contributed by atoms with Gasteiger partial charge in [-0.15, -0.1) is 0 Å². The lowest BCUT2D eigenvalue weighted by molar-refractivity contribution is 0.424. The number of nitrogens with zero attached hydrogens (tertiary/aromatic N) is 2. The van der Waals surface area contributed by atoms with Crippen LogP contribution in [-0.4, -0.2) is 32.0 Å². The number of aliphatic imine (C=N–C) groups is 1. The Hall–Kier alpha value is -1.40. The lowest BCUT2D eigenvalue weighted by Crippen LogP contribution is -2.31. The summed E-state index contributed by atoms with van der Waals surface area (Å²) < 4.78 is 27.1. The van der Waals surface area contributed by atoms with Crippen LogP contribution >= 0.6 is 23.2 Å². The van der Waals surface area contributed by atoms with Gasteiger partial charge in [0.15, 0.2) is 0 Å². The van der Waals surface area contributed by atoms with Gasteiger partial charge in [-0.2, -0.15) is 4.31 Å². The average molecular weight is 411 g/mol. The molecule has 0 bridgehead atoms. The van der Waals surface area contributed by atoms with Crippen molar-refractivity contribution in [3.8, 4) is 0 Å². The molecule has 0 saturated carbocycles. The van der Waals surface area contributed by atoms with E-state index in [4.69, 9.17) is 23.2 Å². The first-order valence-electron chi connectivity index (χ1n) is 8.57. The van der Waals surface area contributed by atoms with Crippen molar-refractivity contribution in [3.05, 3.63) is 58.1 Å². The molecule has 0 spiro atoms. The second-order valence-electron chi connectivity index (χ2n) is 6.21. The van der Waals surface area contributed by atoms with Crippen molar-refractivity contribution < 1.29 is 8.42 Å². The summed E-state index contributed by atoms with van der Waals surface area (Å²) in [6.45, 7) is 1.19. The number of hydrogen-bond acceptors (Lipinski definition) is 3. The molecule has 1 aliphatic heterocycles. The Morgan fingerprint density at radius 2 is 1.58 bits per heavy atom. The minimum absolute atomic E-state index is 0.305. The van der Waals surface area contributed by atoms with Crippen molar-refractivity contribution >= 4 is 45.1 Å². The van der Waals surface area contributed by atoms with Gasteiger partial charge in [0, 0.05) is 24.9 Å². The summed E-state index contributed by atoms with van der Waals surface area (Å²) in [5.74, 6) is 0. The molecule has 0 radical (unpaired) electrons. The van der Waals surface area contributed by atoms with Gasteiger partial charge in [0.05, 0.1) is 20.6 Å². The third-order valence-corrected chi connectivity index (χ3v) is 7.12. The third-order valence-electron chi connectivity index (χ3n) is 4.37. The third kappa shape index (κ3) is 4.46. The molecule has 0 aromatic heterocycles. The summed E-state index contributed by atoms with van der Waals surface area (Å²) in [6.07, 6.45) is 5.63. The largest absolute Gasteiger partial charge is 0.256 e. The van der Waals surface area contributed by atoms with Gasteiger partial charge in [-0.3, -0.25) is 4.99 Å². The minimum Gasteiger partial charge on any atom is -0.256 e. The fourth-order valence-electron chi connectivity index (χ4n) is 2.90. The van der Waals surface area contributed by atoms with E-state index in [1.165, 1.54) is 0 Å². The van der Waals surface area contributed by atoms with Gasteiger partial charge < -0.3 is 0 Å². The molecule has 0 aliphatic carbocycles. The van der Waals surface area contributed by atoms with E-state index in [-0.39, 0.29) is 0 Å². The predicted octanol–water partition coefficient (Wildman–Crippen LogP) is 5.31. The standard InChI is InChI=1S/C19H20Cl2N2O2S/c20-18-7-5-6-15(19(18)21)14-22-16-8-10-17(11-9-16)26(24,25)23-12-3-1-2-4-13-23/h5-11,14H,1-4,12-13H2. The molecule has 2 aromatic carbocycles. The van der Waals surface area contributed by atoms with Crippen LogP contribution in [0, 0.1) is 0 Å². The Morgan fingerprint density at radius 1 is 0.923 bits per heavy atom. The lowest BCUT2D eigenvalue weighted by atomic mass is 10.2. The van der Waals surface area contributed by atoms with E-state index in [9.17, 15) is 8.42 Å². The summed E-state index contributed by atoms with van der Waals surface area (Å²) in [6, 6.07) is 11.9. The summed E-state index contributed by atoms with van der Waals surface area (Å²) in [7, 11) is -3.44. The van der Waals surface area contributed by atoms with E-state index in [2.05, 4.69) is 4.99 Å². The van der Waals surface area contributed by atoms with Gasteiger partial charge in [-0.05, 0) is 43.2 Å². The van der Waals surface area contributed by atoms with Crippen LogP contribution in [0.2, 0.25) is 10.0 Å². The number of halogens is 2. The number of benzene rings is 2. The van der Waals surface area contributed by atoms with Crippen LogP contribution in [0.1, 0.15) is 31.2 Å². The molecule has 7 heteroatoms. The smallest absolute Gasteiger partial charge is 0.243 e. The molecule has 0 amide bonds. The Morgan fingerprint density at radius 3 is 2.23 bits per heavy atom. The van der Waals surface area contributed by atoms with Crippen LogP contribution in [0.25, 0.3) is 0 Å².